The van der Waals surface area contributed by atoms with Crippen LogP contribution in [0.5, 0.6) is 5.75 Å². The van der Waals surface area contributed by atoms with Crippen LogP contribution in [0.2, 0.25) is 0 Å². The number of rotatable bonds is 7. The van der Waals surface area contributed by atoms with E-state index in [4.69, 9.17) is 4.74 Å². The molecule has 0 amide bonds. The van der Waals surface area contributed by atoms with E-state index in [1.807, 2.05) is 6.07 Å². The van der Waals surface area contributed by atoms with Gasteiger partial charge in [-0.1, -0.05) is 32.9 Å². The summed E-state index contributed by atoms with van der Waals surface area (Å²) < 4.78 is 5.91. The Balaban J connectivity index is 2.59. The highest BCUT2D eigenvalue weighted by Crippen LogP contribution is 2.17. The molecule has 0 aliphatic rings. The number of benzene rings is 1. The summed E-state index contributed by atoms with van der Waals surface area (Å²) in [5, 5.41) is 3.32. The van der Waals surface area contributed by atoms with Gasteiger partial charge in [0.25, 0.3) is 0 Å². The molecule has 0 saturated carbocycles. The average molecular weight is 221 g/mol. The summed E-state index contributed by atoms with van der Waals surface area (Å²) in [6.07, 6.45) is 2.47. The van der Waals surface area contributed by atoms with Crippen LogP contribution in [0.15, 0.2) is 24.3 Å². The zero-order chi connectivity index (χ0) is 11.8. The van der Waals surface area contributed by atoms with Gasteiger partial charge in [0.05, 0.1) is 6.10 Å². The molecule has 1 aromatic rings. The SMILES string of the molecule is CCNCc1cccc(OC(CC)CC)c1. The van der Waals surface area contributed by atoms with Gasteiger partial charge in [-0.15, -0.1) is 0 Å². The summed E-state index contributed by atoms with van der Waals surface area (Å²) in [6, 6.07) is 8.35. The highest BCUT2D eigenvalue weighted by Gasteiger charge is 2.05. The van der Waals surface area contributed by atoms with Gasteiger partial charge in [-0.25, -0.2) is 0 Å². The smallest absolute Gasteiger partial charge is 0.120 e. The van der Waals surface area contributed by atoms with Gasteiger partial charge >= 0.3 is 0 Å². The second-order valence-corrected chi connectivity index (χ2v) is 3.98. The summed E-state index contributed by atoms with van der Waals surface area (Å²) in [6.45, 7) is 8.35. The molecule has 0 aliphatic heterocycles. The topological polar surface area (TPSA) is 21.3 Å². The van der Waals surface area contributed by atoms with Gasteiger partial charge in [0.1, 0.15) is 5.75 Å². The highest BCUT2D eigenvalue weighted by atomic mass is 16.5. The van der Waals surface area contributed by atoms with Crippen LogP contribution in [0.25, 0.3) is 0 Å². The molecule has 2 heteroatoms. The lowest BCUT2D eigenvalue weighted by molar-refractivity contribution is 0.192. The second kappa shape index (κ2) is 7.29. The van der Waals surface area contributed by atoms with E-state index in [-0.39, 0.29) is 0 Å². The first-order valence-electron chi connectivity index (χ1n) is 6.26. The Morgan fingerprint density at radius 1 is 1.19 bits per heavy atom. The van der Waals surface area contributed by atoms with Gasteiger partial charge in [0, 0.05) is 6.54 Å². The first-order chi connectivity index (χ1) is 7.80. The molecule has 16 heavy (non-hydrogen) atoms. The number of hydrogen-bond acceptors (Lipinski definition) is 2. The molecular formula is C14H23NO. The molecule has 0 spiro atoms. The Morgan fingerprint density at radius 3 is 2.56 bits per heavy atom. The van der Waals surface area contributed by atoms with Gasteiger partial charge in [0.15, 0.2) is 0 Å². The van der Waals surface area contributed by atoms with Crippen molar-refractivity contribution in [3.05, 3.63) is 29.8 Å². The van der Waals surface area contributed by atoms with E-state index >= 15 is 0 Å². The summed E-state index contributed by atoms with van der Waals surface area (Å²) in [5.74, 6) is 0.990. The van der Waals surface area contributed by atoms with Crippen LogP contribution in [0.1, 0.15) is 39.2 Å². The minimum Gasteiger partial charge on any atom is -0.490 e. The predicted molar refractivity (Wildman–Crippen MR) is 68.8 cm³/mol. The third kappa shape index (κ3) is 4.23. The van der Waals surface area contributed by atoms with Crippen molar-refractivity contribution in [1.82, 2.24) is 5.32 Å². The highest BCUT2D eigenvalue weighted by molar-refractivity contribution is 5.28. The fourth-order valence-corrected chi connectivity index (χ4v) is 1.65. The maximum atomic E-state index is 5.91. The Hall–Kier alpha value is -1.02. The summed E-state index contributed by atoms with van der Waals surface area (Å²) in [7, 11) is 0. The van der Waals surface area contributed by atoms with Crippen LogP contribution >= 0.6 is 0 Å². The molecule has 0 radical (unpaired) electrons. The van der Waals surface area contributed by atoms with Crippen LogP contribution in [0.3, 0.4) is 0 Å². The lowest BCUT2D eigenvalue weighted by Gasteiger charge is -2.16. The first kappa shape index (κ1) is 13.0. The van der Waals surface area contributed by atoms with E-state index < -0.39 is 0 Å². The molecule has 0 heterocycles. The lowest BCUT2D eigenvalue weighted by Crippen LogP contribution is -2.14. The number of hydrogen-bond donors (Lipinski definition) is 1. The largest absolute Gasteiger partial charge is 0.490 e. The average Bonchev–Trinajstić information content (AvgIpc) is 2.34. The second-order valence-electron chi connectivity index (χ2n) is 3.98. The van der Waals surface area contributed by atoms with Crippen LogP contribution < -0.4 is 10.1 Å². The molecule has 0 fully saturated rings. The van der Waals surface area contributed by atoms with E-state index in [1.165, 1.54) is 5.56 Å². The monoisotopic (exact) mass is 221 g/mol. The normalized spacial score (nSPS) is 10.8. The first-order valence-corrected chi connectivity index (χ1v) is 6.26. The number of ether oxygens (including phenoxy) is 1. The van der Waals surface area contributed by atoms with Crippen molar-refractivity contribution >= 4 is 0 Å². The molecule has 0 aromatic heterocycles. The van der Waals surface area contributed by atoms with Crippen molar-refractivity contribution in [3.63, 3.8) is 0 Å². The van der Waals surface area contributed by atoms with Crippen LogP contribution in [0, 0.1) is 0 Å². The number of nitrogens with one attached hydrogen (secondary N) is 1. The maximum absolute atomic E-state index is 5.91. The van der Waals surface area contributed by atoms with Crippen LogP contribution in [0.4, 0.5) is 0 Å². The van der Waals surface area contributed by atoms with Gasteiger partial charge < -0.3 is 10.1 Å². The van der Waals surface area contributed by atoms with Gasteiger partial charge in [-0.3, -0.25) is 0 Å². The molecule has 0 saturated heterocycles. The standard InChI is InChI=1S/C14H23NO/c1-4-13(5-2)16-14-9-7-8-12(10-14)11-15-6-3/h7-10,13,15H,4-6,11H2,1-3H3. The van der Waals surface area contributed by atoms with Crippen molar-refractivity contribution in [1.29, 1.82) is 0 Å². The van der Waals surface area contributed by atoms with E-state index in [0.29, 0.717) is 6.10 Å². The molecule has 1 aromatic carbocycles. The maximum Gasteiger partial charge on any atom is 0.120 e. The Morgan fingerprint density at radius 2 is 1.94 bits per heavy atom. The third-order valence-electron chi connectivity index (χ3n) is 2.69. The fourth-order valence-electron chi connectivity index (χ4n) is 1.65. The van der Waals surface area contributed by atoms with Gasteiger partial charge in [-0.2, -0.15) is 0 Å². The molecule has 90 valence electrons. The van der Waals surface area contributed by atoms with Crippen molar-refractivity contribution in [2.75, 3.05) is 6.54 Å². The van der Waals surface area contributed by atoms with E-state index in [0.717, 1.165) is 31.7 Å². The molecule has 0 bridgehead atoms. The predicted octanol–water partition coefficient (Wildman–Crippen LogP) is 3.36. The minimum atomic E-state index is 0.342. The Bertz CT molecular complexity index is 295. The van der Waals surface area contributed by atoms with Crippen LogP contribution in [-0.2, 0) is 6.54 Å². The summed E-state index contributed by atoms with van der Waals surface area (Å²) in [4.78, 5) is 0. The van der Waals surface area contributed by atoms with Crippen molar-refractivity contribution in [2.24, 2.45) is 0 Å². The molecular weight excluding hydrogens is 198 g/mol. The summed E-state index contributed by atoms with van der Waals surface area (Å²) >= 11 is 0. The van der Waals surface area contributed by atoms with Crippen molar-refractivity contribution in [3.8, 4) is 5.75 Å². The third-order valence-corrected chi connectivity index (χ3v) is 2.69. The molecule has 1 rings (SSSR count). The zero-order valence-electron chi connectivity index (χ0n) is 10.6. The van der Waals surface area contributed by atoms with Gasteiger partial charge in [0.2, 0.25) is 0 Å². The zero-order valence-corrected chi connectivity index (χ0v) is 10.6. The van der Waals surface area contributed by atoms with Gasteiger partial charge in [-0.05, 0) is 37.1 Å². The van der Waals surface area contributed by atoms with Crippen LogP contribution in [-0.4, -0.2) is 12.6 Å². The van der Waals surface area contributed by atoms with E-state index in [9.17, 15) is 0 Å². The minimum absolute atomic E-state index is 0.342. The Labute approximate surface area is 99.0 Å². The van der Waals surface area contributed by atoms with E-state index in [1.54, 1.807) is 0 Å². The fraction of sp³-hybridized carbons (Fsp3) is 0.571. The summed E-state index contributed by atoms with van der Waals surface area (Å²) in [5.41, 5.74) is 1.28. The quantitative estimate of drug-likeness (QED) is 0.762. The lowest BCUT2D eigenvalue weighted by atomic mass is 10.2. The molecule has 0 aliphatic carbocycles. The molecule has 0 unspecified atom stereocenters. The van der Waals surface area contributed by atoms with Crippen molar-refractivity contribution in [2.45, 2.75) is 46.3 Å². The van der Waals surface area contributed by atoms with Crippen molar-refractivity contribution < 1.29 is 4.74 Å². The molecule has 1 N–H and O–H groups in total. The Kier molecular flexibility index (Phi) is 5.94. The molecule has 0 atom stereocenters. The van der Waals surface area contributed by atoms with E-state index in [2.05, 4.69) is 44.3 Å². The molecule has 2 nitrogen and oxygen atoms in total.